The molecule has 1 aliphatic heterocycles. The van der Waals surface area contributed by atoms with Gasteiger partial charge in [-0.1, -0.05) is 89.7 Å². The van der Waals surface area contributed by atoms with Gasteiger partial charge in [-0.3, -0.25) is 4.99 Å². The molecule has 0 saturated carbocycles. The Kier molecular flexibility index (Phi) is 14.8. The van der Waals surface area contributed by atoms with Crippen LogP contribution in [-0.4, -0.2) is 30.6 Å². The molecule has 25 heavy (non-hydrogen) atoms. The van der Waals surface area contributed by atoms with Crippen molar-refractivity contribution in [2.24, 2.45) is 10.9 Å². The predicted molar refractivity (Wildman–Crippen MR) is 110 cm³/mol. The fourth-order valence-corrected chi connectivity index (χ4v) is 3.49. The predicted octanol–water partition coefficient (Wildman–Crippen LogP) is 5.63. The standard InChI is InChI=1S/C22H42N2O/c1-2-3-4-5-6-7-8-9-10-11-12-13-14-15-16-21(17-20-25)22-23-18-19-24-22/h15-16,21,25H,2-14,17-20H2,1H3,(H,23,24). The SMILES string of the molecule is CCCCCCCCCCCCCCC=CC(CCO)C1=NCCN1. The number of allylic oxidation sites excluding steroid dienone is 1. The maximum atomic E-state index is 9.20. The number of unbranched alkanes of at least 4 members (excludes halogenated alkanes) is 12. The molecule has 0 aromatic rings. The highest BCUT2D eigenvalue weighted by Crippen LogP contribution is 2.14. The number of aliphatic hydroxyl groups is 1. The summed E-state index contributed by atoms with van der Waals surface area (Å²) in [5.41, 5.74) is 0. The molecule has 0 spiro atoms. The summed E-state index contributed by atoms with van der Waals surface area (Å²) in [6, 6.07) is 0. The number of hydrogen-bond acceptors (Lipinski definition) is 3. The van der Waals surface area contributed by atoms with Crippen molar-refractivity contribution in [2.45, 2.75) is 96.8 Å². The van der Waals surface area contributed by atoms with Crippen LogP contribution in [0.2, 0.25) is 0 Å². The maximum Gasteiger partial charge on any atom is 0.103 e. The number of aliphatic imine (C=N–C) groups is 1. The van der Waals surface area contributed by atoms with Crippen LogP contribution in [0.1, 0.15) is 96.8 Å². The Morgan fingerprint density at radius 1 is 0.960 bits per heavy atom. The molecule has 0 aromatic heterocycles. The Morgan fingerprint density at radius 3 is 2.08 bits per heavy atom. The molecule has 3 heteroatoms. The fraction of sp³-hybridized carbons (Fsp3) is 0.864. The molecular weight excluding hydrogens is 308 g/mol. The van der Waals surface area contributed by atoms with Crippen LogP contribution in [0.25, 0.3) is 0 Å². The van der Waals surface area contributed by atoms with Gasteiger partial charge in [-0.2, -0.15) is 0 Å². The van der Waals surface area contributed by atoms with Crippen molar-refractivity contribution in [3.8, 4) is 0 Å². The molecule has 0 bridgehead atoms. The first-order valence-electron chi connectivity index (χ1n) is 10.9. The van der Waals surface area contributed by atoms with Crippen molar-refractivity contribution in [1.82, 2.24) is 5.32 Å². The molecule has 2 N–H and O–H groups in total. The second-order valence-corrected chi connectivity index (χ2v) is 7.42. The third-order valence-electron chi connectivity index (χ3n) is 5.08. The summed E-state index contributed by atoms with van der Waals surface area (Å²) >= 11 is 0. The molecule has 1 rings (SSSR count). The van der Waals surface area contributed by atoms with Gasteiger partial charge in [-0.05, 0) is 19.3 Å². The van der Waals surface area contributed by atoms with E-state index < -0.39 is 0 Å². The van der Waals surface area contributed by atoms with Crippen molar-refractivity contribution in [3.63, 3.8) is 0 Å². The number of amidine groups is 1. The highest BCUT2D eigenvalue weighted by molar-refractivity contribution is 5.87. The minimum Gasteiger partial charge on any atom is -0.396 e. The van der Waals surface area contributed by atoms with Gasteiger partial charge in [0.15, 0.2) is 0 Å². The summed E-state index contributed by atoms with van der Waals surface area (Å²) in [4.78, 5) is 4.48. The molecule has 0 fully saturated rings. The largest absolute Gasteiger partial charge is 0.396 e. The number of rotatable bonds is 17. The lowest BCUT2D eigenvalue weighted by molar-refractivity contribution is 0.281. The Bertz CT molecular complexity index is 352. The van der Waals surface area contributed by atoms with Crippen molar-refractivity contribution in [2.75, 3.05) is 19.7 Å². The van der Waals surface area contributed by atoms with Gasteiger partial charge < -0.3 is 10.4 Å². The van der Waals surface area contributed by atoms with Gasteiger partial charge in [-0.15, -0.1) is 0 Å². The monoisotopic (exact) mass is 350 g/mol. The highest BCUT2D eigenvalue weighted by atomic mass is 16.3. The summed E-state index contributed by atoms with van der Waals surface area (Å²) in [5, 5.41) is 12.5. The smallest absolute Gasteiger partial charge is 0.103 e. The number of aliphatic hydroxyl groups excluding tert-OH is 1. The van der Waals surface area contributed by atoms with Gasteiger partial charge in [0.25, 0.3) is 0 Å². The molecular formula is C22H42N2O. The normalized spacial score (nSPS) is 15.5. The van der Waals surface area contributed by atoms with E-state index in [1.807, 2.05) is 0 Å². The molecule has 1 aliphatic rings. The number of nitrogens with one attached hydrogen (secondary N) is 1. The van der Waals surface area contributed by atoms with Crippen LogP contribution in [0, 0.1) is 5.92 Å². The second kappa shape index (κ2) is 16.6. The molecule has 146 valence electrons. The Morgan fingerprint density at radius 2 is 1.56 bits per heavy atom. The fourth-order valence-electron chi connectivity index (χ4n) is 3.49. The van der Waals surface area contributed by atoms with Crippen LogP contribution in [0.3, 0.4) is 0 Å². The van der Waals surface area contributed by atoms with Gasteiger partial charge in [0, 0.05) is 19.1 Å². The van der Waals surface area contributed by atoms with E-state index in [1.165, 1.54) is 77.0 Å². The van der Waals surface area contributed by atoms with Crippen molar-refractivity contribution in [3.05, 3.63) is 12.2 Å². The van der Waals surface area contributed by atoms with E-state index >= 15 is 0 Å². The highest BCUT2D eigenvalue weighted by Gasteiger charge is 2.14. The van der Waals surface area contributed by atoms with Crippen molar-refractivity contribution < 1.29 is 5.11 Å². The molecule has 3 nitrogen and oxygen atoms in total. The summed E-state index contributed by atoms with van der Waals surface area (Å²) in [5.74, 6) is 1.35. The zero-order valence-electron chi connectivity index (χ0n) is 16.6. The molecule has 0 aromatic carbocycles. The lowest BCUT2D eigenvalue weighted by Crippen LogP contribution is -2.26. The topological polar surface area (TPSA) is 44.6 Å². The maximum absolute atomic E-state index is 9.20. The lowest BCUT2D eigenvalue weighted by Gasteiger charge is -2.11. The average Bonchev–Trinajstić information content (AvgIpc) is 3.15. The molecule has 0 aliphatic carbocycles. The van der Waals surface area contributed by atoms with E-state index in [9.17, 15) is 5.11 Å². The van der Waals surface area contributed by atoms with Crippen LogP contribution in [-0.2, 0) is 0 Å². The quantitative estimate of drug-likeness (QED) is 0.263. The summed E-state index contributed by atoms with van der Waals surface area (Å²) in [6.45, 7) is 4.34. The molecule has 1 heterocycles. The van der Waals surface area contributed by atoms with E-state index in [-0.39, 0.29) is 12.5 Å². The first kappa shape index (κ1) is 22.2. The molecule has 1 atom stereocenters. The number of nitrogens with zero attached hydrogens (tertiary/aromatic N) is 1. The van der Waals surface area contributed by atoms with Crippen LogP contribution < -0.4 is 5.32 Å². The van der Waals surface area contributed by atoms with Gasteiger partial charge in [0.1, 0.15) is 5.84 Å². The summed E-state index contributed by atoms with van der Waals surface area (Å²) < 4.78 is 0. The van der Waals surface area contributed by atoms with Gasteiger partial charge in [0.2, 0.25) is 0 Å². The van der Waals surface area contributed by atoms with Crippen LogP contribution in [0.15, 0.2) is 17.1 Å². The average molecular weight is 351 g/mol. The van der Waals surface area contributed by atoms with Crippen LogP contribution in [0.4, 0.5) is 0 Å². The summed E-state index contributed by atoms with van der Waals surface area (Å²) in [6.07, 6.45) is 23.3. The third-order valence-corrected chi connectivity index (χ3v) is 5.08. The van der Waals surface area contributed by atoms with E-state index in [2.05, 4.69) is 29.4 Å². The lowest BCUT2D eigenvalue weighted by atomic mass is 10.0. The van der Waals surface area contributed by atoms with E-state index in [4.69, 9.17) is 0 Å². The van der Waals surface area contributed by atoms with Gasteiger partial charge >= 0.3 is 0 Å². The third kappa shape index (κ3) is 12.2. The Balaban J connectivity index is 1.90. The number of hydrogen-bond donors (Lipinski definition) is 2. The van der Waals surface area contributed by atoms with Crippen molar-refractivity contribution >= 4 is 5.84 Å². The van der Waals surface area contributed by atoms with E-state index in [1.54, 1.807) is 0 Å². The minimum absolute atomic E-state index is 0.230. The summed E-state index contributed by atoms with van der Waals surface area (Å²) in [7, 11) is 0. The van der Waals surface area contributed by atoms with E-state index in [0.717, 1.165) is 31.8 Å². The molecule has 1 unspecified atom stereocenters. The van der Waals surface area contributed by atoms with Crippen LogP contribution >= 0.6 is 0 Å². The second-order valence-electron chi connectivity index (χ2n) is 7.42. The molecule has 0 saturated heterocycles. The van der Waals surface area contributed by atoms with Gasteiger partial charge in [-0.25, -0.2) is 0 Å². The first-order chi connectivity index (χ1) is 12.4. The minimum atomic E-state index is 0.230. The van der Waals surface area contributed by atoms with Gasteiger partial charge in [0.05, 0.1) is 6.54 Å². The Labute approximate surface area is 156 Å². The van der Waals surface area contributed by atoms with Crippen LogP contribution in [0.5, 0.6) is 0 Å². The molecule has 0 radical (unpaired) electrons. The molecule has 0 amide bonds. The zero-order chi connectivity index (χ0) is 18.0. The Hall–Kier alpha value is -0.830. The first-order valence-corrected chi connectivity index (χ1v) is 10.9. The zero-order valence-corrected chi connectivity index (χ0v) is 16.6. The van der Waals surface area contributed by atoms with E-state index in [0.29, 0.717) is 0 Å². The van der Waals surface area contributed by atoms with Crippen molar-refractivity contribution in [1.29, 1.82) is 0 Å².